The molecule has 1 aliphatic heterocycles. The Bertz CT molecular complexity index is 1880. The van der Waals surface area contributed by atoms with E-state index in [0.717, 1.165) is 11.1 Å². The summed E-state index contributed by atoms with van der Waals surface area (Å²) in [4.78, 5) is 27.3. The first kappa shape index (κ1) is 44.7. The first-order chi connectivity index (χ1) is 28.0. The minimum atomic E-state index is -1.72. The Labute approximate surface area is 331 Å². The van der Waals surface area contributed by atoms with Crippen molar-refractivity contribution in [3.63, 3.8) is 0 Å². The molecule has 2 aromatic carbocycles. The van der Waals surface area contributed by atoms with Gasteiger partial charge in [-0.05, 0) is 66.0 Å². The van der Waals surface area contributed by atoms with Gasteiger partial charge in [0.2, 0.25) is 0 Å². The quantitative estimate of drug-likeness (QED) is 0.0846. The first-order valence-corrected chi connectivity index (χ1v) is 18.1. The summed E-state index contributed by atoms with van der Waals surface area (Å²) in [6, 6.07) is 13.7. The largest absolute Gasteiger partial charge is 0.444 e. The minimum Gasteiger partial charge on any atom is -0.444 e. The zero-order valence-corrected chi connectivity index (χ0v) is 31.9. The van der Waals surface area contributed by atoms with Gasteiger partial charge in [-0.1, -0.05) is 86.2 Å². The summed E-state index contributed by atoms with van der Waals surface area (Å²) in [5, 5.41) is 33.3. The van der Waals surface area contributed by atoms with Crippen molar-refractivity contribution in [2.24, 2.45) is 25.6 Å². The highest BCUT2D eigenvalue weighted by atomic mass is 16.7. The number of azide groups is 5. The number of aliphatic hydroxyl groups is 1. The van der Waals surface area contributed by atoms with Crippen molar-refractivity contribution in [2.45, 2.75) is 113 Å². The molecule has 308 valence electrons. The number of hydrogen-bond donors (Lipinski definition) is 2. The van der Waals surface area contributed by atoms with E-state index in [2.05, 4.69) is 55.4 Å². The molecule has 2 aromatic rings. The summed E-state index contributed by atoms with van der Waals surface area (Å²) in [6.45, 7) is 4.09. The van der Waals surface area contributed by atoms with Crippen LogP contribution in [0.5, 0.6) is 0 Å². The van der Waals surface area contributed by atoms with Crippen LogP contribution in [0.2, 0.25) is 0 Å². The molecule has 0 bridgehead atoms. The molecular formula is C34H44N16O8. The van der Waals surface area contributed by atoms with Gasteiger partial charge >= 0.3 is 6.09 Å². The lowest BCUT2D eigenvalue weighted by atomic mass is 9.83. The fraction of sp³-hybridized carbons (Fsp3) is 0.618. The number of rotatable bonds is 19. The molecule has 1 amide bonds. The molecule has 58 heavy (non-hydrogen) atoms. The highest BCUT2D eigenvalue weighted by molar-refractivity contribution is 5.68. The lowest BCUT2D eigenvalue weighted by molar-refractivity contribution is -0.301. The third-order valence-corrected chi connectivity index (χ3v) is 8.88. The maximum atomic E-state index is 13.0. The summed E-state index contributed by atoms with van der Waals surface area (Å²) in [7, 11) is 0. The maximum Gasteiger partial charge on any atom is 0.407 e. The van der Waals surface area contributed by atoms with Gasteiger partial charge in [0.05, 0.1) is 56.7 Å². The van der Waals surface area contributed by atoms with E-state index in [1.807, 2.05) is 60.7 Å². The molecule has 1 heterocycles. The summed E-state index contributed by atoms with van der Waals surface area (Å²) in [5.74, 6) is 0. The normalized spacial score (nSPS) is 27.1. The SMILES string of the molecule is CC(C)(C)OC(=O)N[C@@H]1CC(N=[N+]=[N-])C(O[C@H]2OC(CN=[N+]=[N-])[C@H](OCc3ccccc3)[C@H](OCc3ccccc3)C2N=[N+]=[N-])[C@H](O)C1OC[C@@H](CN=[N+]=[N-])N=[N+]=[N-]. The van der Waals surface area contributed by atoms with Crippen molar-refractivity contribution < 1.29 is 38.3 Å². The summed E-state index contributed by atoms with van der Waals surface area (Å²) >= 11 is 0. The van der Waals surface area contributed by atoms with Gasteiger partial charge in [-0.2, -0.15) is 0 Å². The van der Waals surface area contributed by atoms with Gasteiger partial charge in [0.25, 0.3) is 0 Å². The van der Waals surface area contributed by atoms with Gasteiger partial charge in [-0.25, -0.2) is 4.79 Å². The third kappa shape index (κ3) is 13.3. The van der Waals surface area contributed by atoms with E-state index in [1.54, 1.807) is 20.8 Å². The van der Waals surface area contributed by atoms with Gasteiger partial charge in [0, 0.05) is 31.1 Å². The number of hydrogen-bond acceptors (Lipinski definition) is 13. The summed E-state index contributed by atoms with van der Waals surface area (Å²) in [5.41, 5.74) is 47.3. The van der Waals surface area contributed by atoms with E-state index < -0.39 is 78.8 Å². The van der Waals surface area contributed by atoms with E-state index in [4.69, 9.17) is 39.5 Å². The molecule has 0 aromatic heterocycles. The summed E-state index contributed by atoms with van der Waals surface area (Å²) in [6.07, 6.45) is -10.3. The predicted octanol–water partition coefficient (Wildman–Crippen LogP) is 6.97. The van der Waals surface area contributed by atoms with Crippen LogP contribution >= 0.6 is 0 Å². The van der Waals surface area contributed by atoms with E-state index in [-0.39, 0.29) is 39.3 Å². The van der Waals surface area contributed by atoms with E-state index in [0.29, 0.717) is 0 Å². The fourth-order valence-corrected chi connectivity index (χ4v) is 6.43. The molecule has 24 heteroatoms. The topological polar surface area (TPSA) is 349 Å². The molecule has 24 nitrogen and oxygen atoms in total. The lowest BCUT2D eigenvalue weighted by Gasteiger charge is -2.48. The molecule has 11 atom stereocenters. The predicted molar refractivity (Wildman–Crippen MR) is 204 cm³/mol. The van der Waals surface area contributed by atoms with Gasteiger partial charge in [0.15, 0.2) is 6.29 Å². The molecular weight excluding hydrogens is 760 g/mol. The maximum absolute atomic E-state index is 13.0. The average molecular weight is 805 g/mol. The molecule has 2 aliphatic rings. The van der Waals surface area contributed by atoms with E-state index >= 15 is 0 Å². The highest BCUT2D eigenvalue weighted by Crippen LogP contribution is 2.35. The molecule has 0 spiro atoms. The second-order valence-corrected chi connectivity index (χ2v) is 14.1. The van der Waals surface area contributed by atoms with Crippen molar-refractivity contribution in [2.75, 3.05) is 19.7 Å². The number of aliphatic hydroxyl groups excluding tert-OH is 1. The van der Waals surface area contributed by atoms with Crippen molar-refractivity contribution in [1.29, 1.82) is 0 Å². The number of nitrogens with zero attached hydrogens (tertiary/aromatic N) is 15. The van der Waals surface area contributed by atoms with Crippen LogP contribution in [0, 0.1) is 0 Å². The smallest absolute Gasteiger partial charge is 0.407 e. The number of benzene rings is 2. The molecule has 1 aliphatic carbocycles. The third-order valence-electron chi connectivity index (χ3n) is 8.88. The monoisotopic (exact) mass is 804 g/mol. The van der Waals surface area contributed by atoms with Gasteiger partial charge in [-0.15, -0.1) is 0 Å². The number of carbonyl (C=O) groups excluding carboxylic acids is 1. The molecule has 4 rings (SSSR count). The number of carbonyl (C=O) groups is 1. The van der Waals surface area contributed by atoms with Crippen LogP contribution in [0.3, 0.4) is 0 Å². The Balaban J connectivity index is 1.73. The number of ether oxygens (including phenoxy) is 6. The Morgan fingerprint density at radius 2 is 1.45 bits per heavy atom. The molecule has 0 radical (unpaired) electrons. The van der Waals surface area contributed by atoms with Gasteiger partial charge in [-0.3, -0.25) is 0 Å². The second-order valence-electron chi connectivity index (χ2n) is 14.1. The van der Waals surface area contributed by atoms with Gasteiger partial charge in [0.1, 0.15) is 36.1 Å². The summed E-state index contributed by atoms with van der Waals surface area (Å²) < 4.78 is 37.0. The Hall–Kier alpha value is -5.98. The van der Waals surface area contributed by atoms with Crippen LogP contribution in [-0.4, -0.2) is 104 Å². The molecule has 2 fully saturated rings. The standard InChI is InChI=1S/C34H44N16O8/c1-34(2,3)58-33(52)42-23-14-24(44-49-38)29(27(51)28(23)55-19-22(43-48-37)15-40-46-35)57-32-26(45-50-39)31(54-18-21-12-8-5-9-13-21)30(25(56-32)16-41-47-36)53-17-20-10-6-4-7-11-20/h4-13,22-32,51H,14-19H2,1-3H3,(H,42,52)/t22-,23-,24?,25?,26?,27-,28?,29?,30+,31-,32-/m1/s1. The Morgan fingerprint density at radius 3 is 2.02 bits per heavy atom. The fourth-order valence-electron chi connectivity index (χ4n) is 6.43. The van der Waals surface area contributed by atoms with Crippen molar-refractivity contribution in [1.82, 2.24) is 5.32 Å². The minimum absolute atomic E-state index is 0.0264. The Morgan fingerprint density at radius 1 is 0.828 bits per heavy atom. The first-order valence-electron chi connectivity index (χ1n) is 18.1. The second kappa shape index (κ2) is 22.7. The number of nitrogens with one attached hydrogen (secondary N) is 1. The van der Waals surface area contributed by atoms with Crippen LogP contribution in [0.1, 0.15) is 38.3 Å². The van der Waals surface area contributed by atoms with Crippen LogP contribution in [-0.2, 0) is 41.6 Å². The highest BCUT2D eigenvalue weighted by Gasteiger charge is 2.52. The number of alkyl carbamates (subject to hydrolysis) is 1. The zero-order chi connectivity index (χ0) is 41.9. The van der Waals surface area contributed by atoms with Crippen LogP contribution < -0.4 is 5.32 Å². The van der Waals surface area contributed by atoms with E-state index in [9.17, 15) is 26.5 Å². The van der Waals surface area contributed by atoms with Crippen LogP contribution in [0.25, 0.3) is 52.2 Å². The van der Waals surface area contributed by atoms with Crippen molar-refractivity contribution >= 4 is 6.09 Å². The van der Waals surface area contributed by atoms with Crippen LogP contribution in [0.4, 0.5) is 4.79 Å². The molecule has 1 saturated carbocycles. The zero-order valence-electron chi connectivity index (χ0n) is 31.9. The van der Waals surface area contributed by atoms with Crippen molar-refractivity contribution in [3.8, 4) is 0 Å². The van der Waals surface area contributed by atoms with Crippen molar-refractivity contribution in [3.05, 3.63) is 124 Å². The lowest BCUT2D eigenvalue weighted by Crippen LogP contribution is -2.65. The molecule has 1 saturated heterocycles. The molecule has 5 unspecified atom stereocenters. The number of amides is 1. The molecule has 2 N–H and O–H groups in total. The van der Waals surface area contributed by atoms with E-state index in [1.165, 1.54) is 0 Å². The Kier molecular flexibility index (Phi) is 17.5. The average Bonchev–Trinajstić information content (AvgIpc) is 3.19. The van der Waals surface area contributed by atoms with Crippen LogP contribution in [0.15, 0.2) is 86.2 Å². The van der Waals surface area contributed by atoms with Gasteiger partial charge < -0.3 is 38.8 Å².